The zero-order valence-corrected chi connectivity index (χ0v) is 9.36. The van der Waals surface area contributed by atoms with E-state index in [0.29, 0.717) is 18.2 Å². The number of carbonyl (C=O) groups excluding carboxylic acids is 3. The van der Waals surface area contributed by atoms with Crippen LogP contribution in [0.3, 0.4) is 0 Å². The first kappa shape index (κ1) is 12.4. The molecule has 1 aliphatic heterocycles. The van der Waals surface area contributed by atoms with Crippen molar-refractivity contribution in [2.24, 2.45) is 0 Å². The second-order valence-electron chi connectivity index (χ2n) is 3.69. The van der Waals surface area contributed by atoms with Crippen LogP contribution in [0.25, 0.3) is 0 Å². The van der Waals surface area contributed by atoms with Gasteiger partial charge < -0.3 is 15.1 Å². The molecule has 1 fully saturated rings. The van der Waals surface area contributed by atoms with E-state index >= 15 is 0 Å². The van der Waals surface area contributed by atoms with Gasteiger partial charge in [0.1, 0.15) is 0 Å². The summed E-state index contributed by atoms with van der Waals surface area (Å²) in [6, 6.07) is 0. The molecule has 1 saturated heterocycles. The van der Waals surface area contributed by atoms with E-state index in [4.69, 9.17) is 0 Å². The number of carbonyl (C=O) groups is 3. The van der Waals surface area contributed by atoms with Gasteiger partial charge >= 0.3 is 6.09 Å². The molecule has 0 saturated carbocycles. The van der Waals surface area contributed by atoms with Crippen molar-refractivity contribution < 1.29 is 19.2 Å². The normalized spacial score (nSPS) is 15.8. The highest BCUT2D eigenvalue weighted by Crippen LogP contribution is 2.11. The minimum absolute atomic E-state index is 0.101. The minimum atomic E-state index is -0.787. The number of hydroxylamine groups is 2. The van der Waals surface area contributed by atoms with Gasteiger partial charge in [-0.2, -0.15) is 0 Å². The van der Waals surface area contributed by atoms with E-state index < -0.39 is 17.9 Å². The molecule has 1 N–H and O–H groups in total. The first-order valence-corrected chi connectivity index (χ1v) is 4.97. The molecule has 0 aromatic carbocycles. The summed E-state index contributed by atoms with van der Waals surface area (Å²) >= 11 is 0. The molecule has 7 nitrogen and oxygen atoms in total. The van der Waals surface area contributed by atoms with Crippen LogP contribution in [0.5, 0.6) is 0 Å². The van der Waals surface area contributed by atoms with Crippen molar-refractivity contribution in [2.45, 2.75) is 12.8 Å². The molecule has 16 heavy (non-hydrogen) atoms. The van der Waals surface area contributed by atoms with Crippen molar-refractivity contribution in [3.63, 3.8) is 0 Å². The number of rotatable bonds is 4. The maximum absolute atomic E-state index is 11.2. The van der Waals surface area contributed by atoms with Crippen molar-refractivity contribution in [2.75, 3.05) is 27.2 Å². The molecule has 0 spiro atoms. The Morgan fingerprint density at radius 1 is 1.38 bits per heavy atom. The SMILES string of the molecule is CN(C)CCNC(=O)ON1C(=O)CCC1=O. The average molecular weight is 229 g/mol. The van der Waals surface area contributed by atoms with Gasteiger partial charge in [-0.25, -0.2) is 4.79 Å². The molecule has 0 bridgehead atoms. The van der Waals surface area contributed by atoms with Crippen LogP contribution in [0.4, 0.5) is 4.79 Å². The quantitative estimate of drug-likeness (QED) is 0.647. The predicted octanol–water partition coefficient (Wildman–Crippen LogP) is -0.662. The summed E-state index contributed by atoms with van der Waals surface area (Å²) in [7, 11) is 3.72. The molecular weight excluding hydrogens is 214 g/mol. The van der Waals surface area contributed by atoms with Crippen LogP contribution in [-0.4, -0.2) is 55.1 Å². The maximum Gasteiger partial charge on any atom is 0.432 e. The van der Waals surface area contributed by atoms with Crippen molar-refractivity contribution in [3.8, 4) is 0 Å². The van der Waals surface area contributed by atoms with Crippen LogP contribution in [0.2, 0.25) is 0 Å². The van der Waals surface area contributed by atoms with Gasteiger partial charge in [0.25, 0.3) is 11.8 Å². The lowest BCUT2D eigenvalue weighted by Gasteiger charge is -2.14. The highest BCUT2D eigenvalue weighted by atomic mass is 16.7. The first-order valence-electron chi connectivity index (χ1n) is 4.97. The lowest BCUT2D eigenvalue weighted by Crippen LogP contribution is -2.39. The Hall–Kier alpha value is -1.63. The summed E-state index contributed by atoms with van der Waals surface area (Å²) < 4.78 is 0. The number of amides is 3. The van der Waals surface area contributed by atoms with Gasteiger partial charge in [-0.1, -0.05) is 0 Å². The van der Waals surface area contributed by atoms with Gasteiger partial charge in [-0.05, 0) is 14.1 Å². The average Bonchev–Trinajstić information content (AvgIpc) is 2.49. The fourth-order valence-corrected chi connectivity index (χ4v) is 1.15. The molecule has 1 heterocycles. The van der Waals surface area contributed by atoms with Crippen LogP contribution < -0.4 is 5.32 Å². The van der Waals surface area contributed by atoms with Crippen LogP contribution >= 0.6 is 0 Å². The Bertz CT molecular complexity index is 287. The Morgan fingerprint density at radius 3 is 2.44 bits per heavy atom. The van der Waals surface area contributed by atoms with Gasteiger partial charge in [-0.15, -0.1) is 5.06 Å². The topological polar surface area (TPSA) is 79.0 Å². The Labute approximate surface area is 93.3 Å². The summed E-state index contributed by atoms with van der Waals surface area (Å²) in [5.41, 5.74) is 0. The maximum atomic E-state index is 11.2. The van der Waals surface area contributed by atoms with Crippen LogP contribution in [0.1, 0.15) is 12.8 Å². The molecule has 0 aliphatic carbocycles. The first-order chi connectivity index (χ1) is 7.50. The highest BCUT2D eigenvalue weighted by Gasteiger charge is 2.32. The smallest absolute Gasteiger partial charge is 0.318 e. The second kappa shape index (κ2) is 5.45. The van der Waals surface area contributed by atoms with Crippen molar-refractivity contribution >= 4 is 17.9 Å². The molecule has 1 rings (SSSR count). The fraction of sp³-hybridized carbons (Fsp3) is 0.667. The largest absolute Gasteiger partial charge is 0.432 e. The third-order valence-corrected chi connectivity index (χ3v) is 2.01. The minimum Gasteiger partial charge on any atom is -0.318 e. The molecule has 0 aromatic rings. The lowest BCUT2D eigenvalue weighted by atomic mass is 10.4. The van der Waals surface area contributed by atoms with E-state index in [1.54, 1.807) is 0 Å². The van der Waals surface area contributed by atoms with E-state index in [9.17, 15) is 14.4 Å². The molecular formula is C9H15N3O4. The van der Waals surface area contributed by atoms with Crippen molar-refractivity contribution in [1.82, 2.24) is 15.3 Å². The third-order valence-electron chi connectivity index (χ3n) is 2.01. The van der Waals surface area contributed by atoms with E-state index in [-0.39, 0.29) is 12.8 Å². The molecule has 0 aromatic heterocycles. The van der Waals surface area contributed by atoms with E-state index in [0.717, 1.165) is 0 Å². The van der Waals surface area contributed by atoms with Crippen LogP contribution in [-0.2, 0) is 14.4 Å². The Balaban J connectivity index is 2.28. The van der Waals surface area contributed by atoms with E-state index in [1.807, 2.05) is 19.0 Å². The number of nitrogens with zero attached hydrogens (tertiary/aromatic N) is 2. The molecule has 0 atom stereocenters. The Kier molecular flexibility index (Phi) is 4.24. The zero-order valence-electron chi connectivity index (χ0n) is 9.36. The summed E-state index contributed by atoms with van der Waals surface area (Å²) in [6.45, 7) is 1.04. The zero-order chi connectivity index (χ0) is 12.1. The van der Waals surface area contributed by atoms with Gasteiger partial charge in [-0.3, -0.25) is 9.59 Å². The highest BCUT2D eigenvalue weighted by molar-refractivity contribution is 6.01. The summed E-state index contributed by atoms with van der Waals surface area (Å²) in [5.74, 6) is -0.958. The number of likely N-dealkylation sites (N-methyl/N-ethyl adjacent to an activating group) is 1. The van der Waals surface area contributed by atoms with Gasteiger partial charge in [0.15, 0.2) is 0 Å². The van der Waals surface area contributed by atoms with Crippen LogP contribution in [0, 0.1) is 0 Å². The predicted molar refractivity (Wildman–Crippen MR) is 54.1 cm³/mol. The molecule has 0 radical (unpaired) electrons. The molecule has 3 amide bonds. The fourth-order valence-electron chi connectivity index (χ4n) is 1.15. The van der Waals surface area contributed by atoms with Crippen molar-refractivity contribution in [1.29, 1.82) is 0 Å². The van der Waals surface area contributed by atoms with Gasteiger partial charge in [0.2, 0.25) is 0 Å². The van der Waals surface area contributed by atoms with E-state index in [2.05, 4.69) is 10.2 Å². The standard InChI is InChI=1S/C9H15N3O4/c1-11(2)6-5-10-9(15)16-12-7(13)3-4-8(12)14/h3-6H2,1-2H3,(H,10,15). The number of imide groups is 1. The summed E-state index contributed by atoms with van der Waals surface area (Å²) in [4.78, 5) is 39.8. The number of nitrogens with one attached hydrogen (secondary N) is 1. The molecule has 1 aliphatic rings. The van der Waals surface area contributed by atoms with Crippen molar-refractivity contribution in [3.05, 3.63) is 0 Å². The lowest BCUT2D eigenvalue weighted by molar-refractivity contribution is -0.171. The van der Waals surface area contributed by atoms with Crippen LogP contribution in [0.15, 0.2) is 0 Å². The molecule has 90 valence electrons. The monoisotopic (exact) mass is 229 g/mol. The summed E-state index contributed by atoms with van der Waals surface area (Å²) in [5, 5.41) is 2.95. The molecule has 7 heteroatoms. The molecule has 0 unspecified atom stereocenters. The second-order valence-corrected chi connectivity index (χ2v) is 3.69. The number of hydrogen-bond acceptors (Lipinski definition) is 5. The van der Waals surface area contributed by atoms with E-state index in [1.165, 1.54) is 0 Å². The number of hydrogen-bond donors (Lipinski definition) is 1. The summed E-state index contributed by atoms with van der Waals surface area (Å²) in [6.07, 6.45) is -0.585. The van der Waals surface area contributed by atoms with Gasteiger partial charge in [0.05, 0.1) is 0 Å². The Morgan fingerprint density at radius 2 is 1.94 bits per heavy atom. The third kappa shape index (κ3) is 3.50. The van der Waals surface area contributed by atoms with Gasteiger partial charge in [0, 0.05) is 25.9 Å².